The van der Waals surface area contributed by atoms with Gasteiger partial charge in [0.15, 0.2) is 11.0 Å². The highest BCUT2D eigenvalue weighted by Crippen LogP contribution is 2.29. The second-order valence-corrected chi connectivity index (χ2v) is 8.45. The number of rotatable bonds is 7. The molecule has 9 heteroatoms. The van der Waals surface area contributed by atoms with Gasteiger partial charge >= 0.3 is 0 Å². The Morgan fingerprint density at radius 2 is 1.84 bits per heavy atom. The van der Waals surface area contributed by atoms with Gasteiger partial charge in [0.25, 0.3) is 5.91 Å². The molecule has 3 aromatic carbocycles. The maximum absolute atomic E-state index is 13.6. The first-order chi connectivity index (χ1) is 15.6. The van der Waals surface area contributed by atoms with Gasteiger partial charge in [-0.05, 0) is 30.3 Å². The summed E-state index contributed by atoms with van der Waals surface area (Å²) in [5, 5.41) is 13.1. The molecule has 1 amide bonds. The lowest BCUT2D eigenvalue weighted by molar-refractivity contribution is -0.118. The van der Waals surface area contributed by atoms with Gasteiger partial charge in [-0.3, -0.25) is 9.36 Å². The van der Waals surface area contributed by atoms with Crippen LogP contribution >= 0.6 is 27.7 Å². The Morgan fingerprint density at radius 1 is 1.06 bits per heavy atom. The van der Waals surface area contributed by atoms with Crippen LogP contribution < -0.4 is 5.43 Å². The van der Waals surface area contributed by atoms with Crippen LogP contribution in [0.15, 0.2) is 93.6 Å². The molecule has 0 aliphatic carbocycles. The largest absolute Gasteiger partial charge is 0.272 e. The maximum atomic E-state index is 13.6. The summed E-state index contributed by atoms with van der Waals surface area (Å²) in [6.07, 6.45) is 1.27. The Kier molecular flexibility index (Phi) is 7.08. The Morgan fingerprint density at radius 3 is 2.62 bits per heavy atom. The van der Waals surface area contributed by atoms with Gasteiger partial charge in [-0.25, -0.2) is 9.82 Å². The van der Waals surface area contributed by atoms with E-state index in [0.29, 0.717) is 16.5 Å². The molecular formula is C23H17BrFN5OS. The average molecular weight is 510 g/mol. The summed E-state index contributed by atoms with van der Waals surface area (Å²) in [5.41, 5.74) is 4.48. The number of halogens is 2. The molecule has 0 unspecified atom stereocenters. The molecule has 0 atom stereocenters. The van der Waals surface area contributed by atoms with Gasteiger partial charge in [0, 0.05) is 21.3 Å². The molecule has 4 rings (SSSR count). The molecule has 1 N–H and O–H groups in total. The zero-order valence-electron chi connectivity index (χ0n) is 16.7. The van der Waals surface area contributed by atoms with Gasteiger partial charge in [0.1, 0.15) is 5.82 Å². The molecular weight excluding hydrogens is 493 g/mol. The molecule has 6 nitrogen and oxygen atoms in total. The van der Waals surface area contributed by atoms with Crippen LogP contribution in [0.4, 0.5) is 4.39 Å². The van der Waals surface area contributed by atoms with E-state index in [4.69, 9.17) is 0 Å². The van der Waals surface area contributed by atoms with Crippen molar-refractivity contribution in [2.45, 2.75) is 5.16 Å². The van der Waals surface area contributed by atoms with Gasteiger partial charge in [0.05, 0.1) is 12.0 Å². The zero-order chi connectivity index (χ0) is 22.3. The third-order valence-corrected chi connectivity index (χ3v) is 5.78. The van der Waals surface area contributed by atoms with Crippen LogP contribution in [0.25, 0.3) is 17.1 Å². The minimum atomic E-state index is -0.407. The number of hydrogen-bond acceptors (Lipinski definition) is 5. The summed E-state index contributed by atoms with van der Waals surface area (Å²) in [6, 6.07) is 23.7. The molecule has 160 valence electrons. The zero-order valence-corrected chi connectivity index (χ0v) is 19.1. The third kappa shape index (κ3) is 5.30. The molecule has 0 saturated carbocycles. The molecule has 0 fully saturated rings. The number of hydrogen-bond donors (Lipinski definition) is 1. The first-order valence-corrected chi connectivity index (χ1v) is 11.4. The Hall–Kier alpha value is -3.30. The van der Waals surface area contributed by atoms with Crippen molar-refractivity contribution in [2.75, 3.05) is 5.75 Å². The van der Waals surface area contributed by atoms with Crippen LogP contribution in [0.2, 0.25) is 0 Å². The summed E-state index contributed by atoms with van der Waals surface area (Å²) in [6.45, 7) is 0. The van der Waals surface area contributed by atoms with E-state index in [1.165, 1.54) is 24.0 Å². The van der Waals surface area contributed by atoms with Gasteiger partial charge in [-0.15, -0.1) is 10.2 Å². The van der Waals surface area contributed by atoms with E-state index >= 15 is 0 Å². The number of aromatic nitrogens is 3. The SMILES string of the molecule is O=C(CSc1nnc(-c2cccc(Br)c2)n1-c1ccccc1)N/N=C/c1ccccc1F. The fraction of sp³-hybridized carbons (Fsp3) is 0.0435. The monoisotopic (exact) mass is 509 g/mol. The molecule has 1 heterocycles. The number of para-hydroxylation sites is 1. The maximum Gasteiger partial charge on any atom is 0.250 e. The smallest absolute Gasteiger partial charge is 0.250 e. The van der Waals surface area contributed by atoms with Gasteiger partial charge in [-0.1, -0.05) is 76.2 Å². The van der Waals surface area contributed by atoms with E-state index in [0.717, 1.165) is 15.7 Å². The van der Waals surface area contributed by atoms with Gasteiger partial charge in [-0.2, -0.15) is 5.10 Å². The standard InChI is InChI=1S/C23H17BrFN5OS/c24-18-9-6-8-16(13-18)22-28-29-23(30(22)19-10-2-1-3-11-19)32-15-21(31)27-26-14-17-7-4-5-12-20(17)25/h1-14H,15H2,(H,27,31)/b26-14+. The van der Waals surface area contributed by atoms with E-state index in [2.05, 4.69) is 36.7 Å². The number of amides is 1. The highest BCUT2D eigenvalue weighted by molar-refractivity contribution is 9.10. The summed E-state index contributed by atoms with van der Waals surface area (Å²) >= 11 is 4.73. The minimum Gasteiger partial charge on any atom is -0.272 e. The van der Waals surface area contributed by atoms with Crippen LogP contribution in [0.3, 0.4) is 0 Å². The number of benzene rings is 3. The number of carbonyl (C=O) groups excluding carboxylic acids is 1. The van der Waals surface area contributed by atoms with Crippen molar-refractivity contribution in [3.05, 3.63) is 94.7 Å². The molecule has 0 aliphatic rings. The molecule has 32 heavy (non-hydrogen) atoms. The Balaban J connectivity index is 1.51. The fourth-order valence-corrected chi connectivity index (χ4v) is 4.05. The predicted molar refractivity (Wildman–Crippen MR) is 127 cm³/mol. The van der Waals surface area contributed by atoms with Crippen LogP contribution in [-0.2, 0) is 4.79 Å². The second kappa shape index (κ2) is 10.3. The number of nitrogens with zero attached hydrogens (tertiary/aromatic N) is 4. The summed E-state index contributed by atoms with van der Waals surface area (Å²) in [7, 11) is 0. The lowest BCUT2D eigenvalue weighted by Gasteiger charge is -2.10. The first-order valence-electron chi connectivity index (χ1n) is 9.58. The van der Waals surface area contributed by atoms with Crippen LogP contribution in [0.1, 0.15) is 5.56 Å². The van der Waals surface area contributed by atoms with E-state index < -0.39 is 5.82 Å². The van der Waals surface area contributed by atoms with Crippen LogP contribution in [0, 0.1) is 5.82 Å². The first kappa shape index (κ1) is 21.9. The van der Waals surface area contributed by atoms with Crippen molar-refractivity contribution >= 4 is 39.8 Å². The fourth-order valence-electron chi connectivity index (χ4n) is 2.90. The molecule has 0 radical (unpaired) electrons. The van der Waals surface area contributed by atoms with E-state index in [1.807, 2.05) is 59.2 Å². The molecule has 1 aromatic heterocycles. The van der Waals surface area contributed by atoms with Crippen LogP contribution in [0.5, 0.6) is 0 Å². The summed E-state index contributed by atoms with van der Waals surface area (Å²) in [4.78, 5) is 12.3. The van der Waals surface area contributed by atoms with Crippen molar-refractivity contribution in [3.8, 4) is 17.1 Å². The second-order valence-electron chi connectivity index (χ2n) is 6.59. The lowest BCUT2D eigenvalue weighted by atomic mass is 10.2. The lowest BCUT2D eigenvalue weighted by Crippen LogP contribution is -2.20. The normalized spacial score (nSPS) is 11.1. The molecule has 0 saturated heterocycles. The van der Waals surface area contributed by atoms with Crippen molar-refractivity contribution in [3.63, 3.8) is 0 Å². The predicted octanol–water partition coefficient (Wildman–Crippen LogP) is 5.08. The molecule has 0 aliphatic heterocycles. The number of nitrogens with one attached hydrogen (secondary N) is 1. The molecule has 0 bridgehead atoms. The molecule has 0 spiro atoms. The third-order valence-electron chi connectivity index (χ3n) is 4.36. The number of carbonyl (C=O) groups is 1. The van der Waals surface area contributed by atoms with Gasteiger partial charge < -0.3 is 0 Å². The van der Waals surface area contributed by atoms with Crippen molar-refractivity contribution in [1.82, 2.24) is 20.2 Å². The molecule has 4 aromatic rings. The van der Waals surface area contributed by atoms with E-state index in [1.54, 1.807) is 18.2 Å². The van der Waals surface area contributed by atoms with Gasteiger partial charge in [0.2, 0.25) is 0 Å². The van der Waals surface area contributed by atoms with Crippen molar-refractivity contribution in [1.29, 1.82) is 0 Å². The number of hydrazone groups is 1. The highest BCUT2D eigenvalue weighted by Gasteiger charge is 2.17. The van der Waals surface area contributed by atoms with Crippen molar-refractivity contribution in [2.24, 2.45) is 5.10 Å². The Labute approximate surface area is 196 Å². The topological polar surface area (TPSA) is 72.2 Å². The highest BCUT2D eigenvalue weighted by atomic mass is 79.9. The average Bonchev–Trinajstić information content (AvgIpc) is 3.24. The summed E-state index contributed by atoms with van der Waals surface area (Å²) < 4.78 is 16.5. The minimum absolute atomic E-state index is 0.0675. The number of thioether (sulfide) groups is 1. The van der Waals surface area contributed by atoms with E-state index in [-0.39, 0.29) is 11.7 Å². The van der Waals surface area contributed by atoms with Crippen LogP contribution in [-0.4, -0.2) is 32.6 Å². The summed E-state index contributed by atoms with van der Waals surface area (Å²) in [5.74, 6) is -0.0129. The Bertz CT molecular complexity index is 1260. The van der Waals surface area contributed by atoms with E-state index in [9.17, 15) is 9.18 Å². The quantitative estimate of drug-likeness (QED) is 0.214. The van der Waals surface area contributed by atoms with Crippen molar-refractivity contribution < 1.29 is 9.18 Å².